The van der Waals surface area contributed by atoms with Crippen molar-refractivity contribution in [3.05, 3.63) is 72.3 Å². The Morgan fingerprint density at radius 1 is 0.388 bits per heavy atom. The molecule has 8 aliphatic carbocycles. The van der Waals surface area contributed by atoms with E-state index in [4.69, 9.17) is 19.4 Å². The maximum Gasteiger partial charge on any atom is 0.460 e. The van der Waals surface area contributed by atoms with Crippen LogP contribution in [0, 0.1) is 35.5 Å². The number of halogens is 18. The molecule has 9 aliphatic rings. The zero-order valence-corrected chi connectivity index (χ0v) is 41.3. The summed E-state index contributed by atoms with van der Waals surface area (Å²) >= 11 is 0. The summed E-state index contributed by atoms with van der Waals surface area (Å²) in [5, 5.41) is 0.673. The Morgan fingerprint density at radius 2 is 0.700 bits per heavy atom. The van der Waals surface area contributed by atoms with E-state index in [1.165, 1.54) is 46.2 Å². The summed E-state index contributed by atoms with van der Waals surface area (Å²) in [6, 6.07) is 13.1. The number of hydrogen-bond donors (Lipinski definition) is 0. The highest BCUT2D eigenvalue weighted by atomic mass is 19.4. The van der Waals surface area contributed by atoms with Crippen LogP contribution in [0.4, 0.5) is 114 Å². The minimum absolute atomic E-state index is 0.0336. The molecule has 2 aromatic heterocycles. The van der Waals surface area contributed by atoms with E-state index in [0.717, 1.165) is 38.5 Å². The lowest BCUT2D eigenvalue weighted by atomic mass is 9.49. The summed E-state index contributed by atoms with van der Waals surface area (Å²) in [5.74, 6) is -41.2. The van der Waals surface area contributed by atoms with Crippen LogP contribution in [0.25, 0.3) is 10.8 Å². The van der Waals surface area contributed by atoms with Crippen molar-refractivity contribution < 1.29 is 88.5 Å². The van der Waals surface area contributed by atoms with E-state index in [1.54, 1.807) is 24.3 Å². The fourth-order valence-electron chi connectivity index (χ4n) is 14.8. The van der Waals surface area contributed by atoms with Crippen molar-refractivity contribution in [2.45, 2.75) is 136 Å². The monoisotopic (exact) mass is 1150 g/mol. The maximum absolute atomic E-state index is 15.3. The van der Waals surface area contributed by atoms with Gasteiger partial charge in [0.1, 0.15) is 11.6 Å². The number of hydrogen-bond acceptors (Lipinski definition) is 10. The number of anilines is 6. The van der Waals surface area contributed by atoms with Crippen molar-refractivity contribution >= 4 is 45.4 Å². The number of rotatable bonds is 14. The smallest absolute Gasteiger partial charge is 0.457 e. The molecule has 8 fully saturated rings. The van der Waals surface area contributed by atoms with E-state index in [1.807, 2.05) is 0 Å². The van der Waals surface area contributed by atoms with Crippen LogP contribution in [0.5, 0.6) is 12.0 Å². The molecule has 3 heterocycles. The third-order valence-electron chi connectivity index (χ3n) is 17.5. The molecule has 0 saturated heterocycles. The zero-order chi connectivity index (χ0) is 57.2. The first-order valence-electron chi connectivity index (χ1n) is 25.7. The maximum atomic E-state index is 15.3. The van der Waals surface area contributed by atoms with Crippen LogP contribution >= 0.6 is 0 Å². The average molecular weight is 1150 g/mol. The van der Waals surface area contributed by atoms with Crippen LogP contribution in [0.2, 0.25) is 0 Å². The van der Waals surface area contributed by atoms with Crippen LogP contribution in [0.15, 0.2) is 60.7 Å². The Labute approximate surface area is 441 Å². The second-order valence-corrected chi connectivity index (χ2v) is 23.0. The first-order chi connectivity index (χ1) is 37.3. The number of nitrogens with zero attached hydrogens (tertiary/aromatic N) is 8. The fourth-order valence-corrected chi connectivity index (χ4v) is 14.8. The molecule has 10 nitrogen and oxygen atoms in total. The highest BCUT2D eigenvalue weighted by Gasteiger charge is 2.83. The molecule has 0 atom stereocenters. The van der Waals surface area contributed by atoms with Crippen molar-refractivity contribution in [1.29, 1.82) is 0 Å². The summed E-state index contributed by atoms with van der Waals surface area (Å²) in [7, 11) is 0. The molecule has 430 valence electrons. The molecule has 8 saturated carbocycles. The molecule has 14 rings (SSSR count). The van der Waals surface area contributed by atoms with E-state index in [2.05, 4.69) is 19.9 Å². The summed E-state index contributed by atoms with van der Waals surface area (Å²) in [6.07, 6.45) is -6.39. The number of aromatic nitrogens is 6. The standard InChI is InChI=1S/C52H44F18N8O2/c53-45(54,47(57,58)49(61,62)51(65,66)67)23-79-41-73-37(43-17-25-11-26(18-43)13-27(12-25)19-43)71-39(75-41)77-32-7-1-2-8-33(32)78(35-10-4-6-31-5-3-9-34(77)36(31)35)40-72-38(44-20-28-14-29(21-44)16-30(15-28)22-44)74-42(76-40)80-24-46(55,56)48(59,60)50(63,64)52(68,69)70/h1-10,25-30H,11-24H2. The molecular weight excluding hydrogens is 1110 g/mol. The molecule has 8 bridgehead atoms. The highest BCUT2D eigenvalue weighted by molar-refractivity contribution is 6.12. The first kappa shape index (κ1) is 54.5. The van der Waals surface area contributed by atoms with E-state index >= 15 is 17.6 Å². The quantitative estimate of drug-likeness (QED) is 0.0980. The lowest BCUT2D eigenvalue weighted by molar-refractivity contribution is -0.398. The predicted octanol–water partition coefficient (Wildman–Crippen LogP) is 15.1. The van der Waals surface area contributed by atoms with Crippen LogP contribution in [-0.4, -0.2) is 91.0 Å². The molecule has 0 radical (unpaired) electrons. The van der Waals surface area contributed by atoms with E-state index in [0.29, 0.717) is 43.9 Å². The van der Waals surface area contributed by atoms with Crippen LogP contribution < -0.4 is 19.3 Å². The van der Waals surface area contributed by atoms with Gasteiger partial charge in [-0.25, -0.2) is 0 Å². The van der Waals surface area contributed by atoms with Crippen molar-refractivity contribution in [1.82, 2.24) is 29.9 Å². The molecule has 3 aromatic carbocycles. The zero-order valence-electron chi connectivity index (χ0n) is 41.3. The van der Waals surface area contributed by atoms with Gasteiger partial charge in [-0.05, 0) is 142 Å². The van der Waals surface area contributed by atoms with Gasteiger partial charge >= 0.3 is 59.9 Å². The number of alkyl halides is 18. The third-order valence-corrected chi connectivity index (χ3v) is 17.5. The number of para-hydroxylation sites is 2. The molecule has 28 heteroatoms. The minimum Gasteiger partial charge on any atom is -0.457 e. The van der Waals surface area contributed by atoms with Crippen molar-refractivity contribution in [2.75, 3.05) is 23.0 Å². The molecule has 0 amide bonds. The average Bonchev–Trinajstić information content (AvgIpc) is 3.70. The second-order valence-electron chi connectivity index (χ2n) is 23.0. The van der Waals surface area contributed by atoms with E-state index in [-0.39, 0.29) is 75.3 Å². The van der Waals surface area contributed by atoms with E-state index < -0.39 is 95.8 Å². The van der Waals surface area contributed by atoms with Crippen LogP contribution in [0.1, 0.15) is 88.7 Å². The van der Waals surface area contributed by atoms with Gasteiger partial charge in [-0.3, -0.25) is 9.80 Å². The Morgan fingerprint density at radius 3 is 1.01 bits per heavy atom. The van der Waals surface area contributed by atoms with Gasteiger partial charge in [0.2, 0.25) is 11.9 Å². The lowest BCUT2D eigenvalue weighted by Crippen LogP contribution is -2.62. The number of fused-ring (bicyclic) bond motifs is 1. The Balaban J connectivity index is 1.02. The topological polar surface area (TPSA) is 102 Å². The molecule has 0 N–H and O–H groups in total. The fraction of sp³-hybridized carbons (Fsp3) is 0.577. The van der Waals surface area contributed by atoms with Gasteiger partial charge in [-0.15, -0.1) is 0 Å². The summed E-state index contributed by atoms with van der Waals surface area (Å²) in [4.78, 5) is 29.7. The summed E-state index contributed by atoms with van der Waals surface area (Å²) in [6.45, 7) is -5.55. The van der Waals surface area contributed by atoms with E-state index in [9.17, 15) is 61.5 Å². The molecule has 0 unspecified atom stereocenters. The molecule has 0 spiro atoms. The molecule has 5 aromatic rings. The van der Waals surface area contributed by atoms with Crippen LogP contribution in [0.3, 0.4) is 0 Å². The van der Waals surface area contributed by atoms with Gasteiger partial charge < -0.3 is 9.47 Å². The second kappa shape index (κ2) is 17.7. The van der Waals surface area contributed by atoms with Crippen LogP contribution in [-0.2, 0) is 10.8 Å². The normalized spacial score (nSPS) is 27.7. The van der Waals surface area contributed by atoms with Gasteiger partial charge in [-0.1, -0.05) is 36.4 Å². The van der Waals surface area contributed by atoms with Crippen molar-refractivity contribution in [2.24, 2.45) is 35.5 Å². The first-order valence-corrected chi connectivity index (χ1v) is 25.7. The van der Waals surface area contributed by atoms with Gasteiger partial charge in [0.05, 0.1) is 22.7 Å². The van der Waals surface area contributed by atoms with Crippen molar-refractivity contribution in [3.8, 4) is 12.0 Å². The highest BCUT2D eigenvalue weighted by Crippen LogP contribution is 2.63. The number of benzene rings is 3. The predicted molar refractivity (Wildman–Crippen MR) is 246 cm³/mol. The Bertz CT molecular complexity index is 2990. The third kappa shape index (κ3) is 8.28. The molecule has 1 aliphatic heterocycles. The summed E-state index contributed by atoms with van der Waals surface area (Å²) < 4.78 is 266. The molecular formula is C52H44F18N8O2. The molecule has 80 heavy (non-hydrogen) atoms. The minimum atomic E-state index is -7.23. The summed E-state index contributed by atoms with van der Waals surface area (Å²) in [5.41, 5.74) is -1.46. The van der Waals surface area contributed by atoms with Gasteiger partial charge in [0.25, 0.3) is 0 Å². The lowest BCUT2D eigenvalue weighted by Gasteiger charge is -2.56. The van der Waals surface area contributed by atoms with Crippen molar-refractivity contribution in [3.63, 3.8) is 0 Å². The van der Waals surface area contributed by atoms with Gasteiger partial charge in [0.15, 0.2) is 13.2 Å². The Hall–Kier alpha value is -6.12. The van der Waals surface area contributed by atoms with Gasteiger partial charge in [0, 0.05) is 16.2 Å². The number of ether oxygens (including phenoxy) is 2. The largest absolute Gasteiger partial charge is 0.460 e. The Kier molecular flexibility index (Phi) is 12.0. The SMILES string of the molecule is FC(F)(F)C(F)(F)C(F)(F)C(F)(F)COc1nc(N2c3ccccc3N(c3nc(OCC(F)(F)C(F)(F)C(F)(F)C(F)(F)F)nc(C45CC6CC(CC(C6)C4)C5)n3)c3cccc4cccc2c34)nc(C23CC4CC(CC(C4)C2)C3)n1. The van der Waals surface area contributed by atoms with Gasteiger partial charge in [-0.2, -0.15) is 109 Å².